The van der Waals surface area contributed by atoms with Gasteiger partial charge in [-0.1, -0.05) is 0 Å². The van der Waals surface area contributed by atoms with Gasteiger partial charge in [-0.2, -0.15) is 10.5 Å². The summed E-state index contributed by atoms with van der Waals surface area (Å²) in [4.78, 5) is 12.3. The van der Waals surface area contributed by atoms with E-state index in [0.29, 0.717) is 21.3 Å². The van der Waals surface area contributed by atoms with E-state index in [0.717, 1.165) is 9.40 Å². The first-order valence-corrected chi connectivity index (χ1v) is 5.82. The molecule has 3 heterocycles. The third-order valence-electron chi connectivity index (χ3n) is 1.93. The number of thiazole rings is 2. The SMILES string of the molecule is N#Cc1nc2nc3nc(C#N)sc3cc2s1. The number of hydrogen-bond acceptors (Lipinski definition) is 7. The molecule has 0 aromatic carbocycles. The molecule has 0 spiro atoms. The third kappa shape index (κ3) is 1.23. The number of nitrogens with zero attached hydrogens (tertiary/aromatic N) is 5. The molecule has 0 unspecified atom stereocenters. The molecule has 0 saturated carbocycles. The summed E-state index contributed by atoms with van der Waals surface area (Å²) < 4.78 is 1.69. The monoisotopic (exact) mass is 243 g/mol. The van der Waals surface area contributed by atoms with Crippen molar-refractivity contribution >= 4 is 43.4 Å². The van der Waals surface area contributed by atoms with Crippen molar-refractivity contribution in [2.24, 2.45) is 0 Å². The van der Waals surface area contributed by atoms with Crippen LogP contribution in [0.2, 0.25) is 0 Å². The number of pyridine rings is 1. The Bertz CT molecular complexity index is 671. The Morgan fingerprint density at radius 1 is 0.875 bits per heavy atom. The Labute approximate surface area is 97.2 Å². The molecule has 3 aromatic heterocycles. The van der Waals surface area contributed by atoms with Crippen LogP contribution in [0.4, 0.5) is 0 Å². The summed E-state index contributed by atoms with van der Waals surface area (Å²) in [5, 5.41) is 18.2. The highest BCUT2D eigenvalue weighted by molar-refractivity contribution is 7.21. The number of rotatable bonds is 0. The van der Waals surface area contributed by atoms with Gasteiger partial charge in [0.05, 0.1) is 9.40 Å². The summed E-state index contributed by atoms with van der Waals surface area (Å²) in [5.41, 5.74) is 1.03. The standard InChI is InChI=1S/C9HN5S2/c10-2-6-12-8-4(15-6)1-5-9(14-8)13-7(3-11)16-5/h1H. The number of hydrogen-bond donors (Lipinski definition) is 0. The molecule has 0 bridgehead atoms. The van der Waals surface area contributed by atoms with Crippen molar-refractivity contribution in [1.82, 2.24) is 15.0 Å². The smallest absolute Gasteiger partial charge is 0.197 e. The van der Waals surface area contributed by atoms with E-state index in [2.05, 4.69) is 15.0 Å². The van der Waals surface area contributed by atoms with Crippen molar-refractivity contribution < 1.29 is 0 Å². The molecule has 0 aliphatic carbocycles. The van der Waals surface area contributed by atoms with Crippen LogP contribution in [-0.4, -0.2) is 15.0 Å². The molecule has 0 N–H and O–H groups in total. The van der Waals surface area contributed by atoms with Crippen molar-refractivity contribution in [2.75, 3.05) is 0 Å². The predicted molar refractivity (Wildman–Crippen MR) is 60.0 cm³/mol. The molecule has 0 aliphatic rings. The Morgan fingerprint density at radius 3 is 1.81 bits per heavy atom. The van der Waals surface area contributed by atoms with Gasteiger partial charge in [0, 0.05) is 0 Å². The minimum atomic E-state index is 0.389. The largest absolute Gasteiger partial charge is 0.206 e. The lowest BCUT2D eigenvalue weighted by atomic mass is 10.4. The van der Waals surface area contributed by atoms with Crippen LogP contribution in [0.15, 0.2) is 6.07 Å². The van der Waals surface area contributed by atoms with Gasteiger partial charge in [0.2, 0.25) is 0 Å². The van der Waals surface area contributed by atoms with E-state index in [1.807, 2.05) is 18.2 Å². The third-order valence-corrected chi connectivity index (χ3v) is 3.73. The highest BCUT2D eigenvalue weighted by atomic mass is 32.1. The Balaban J connectivity index is 2.39. The maximum atomic E-state index is 8.72. The maximum Gasteiger partial charge on any atom is 0.197 e. The number of fused-ring (bicyclic) bond motifs is 2. The zero-order valence-corrected chi connectivity index (χ0v) is 9.26. The van der Waals surface area contributed by atoms with Gasteiger partial charge in [-0.15, -0.1) is 22.7 Å². The molecule has 0 aliphatic heterocycles. The van der Waals surface area contributed by atoms with Crippen LogP contribution in [0.1, 0.15) is 10.0 Å². The average molecular weight is 243 g/mol. The lowest BCUT2D eigenvalue weighted by Gasteiger charge is -1.85. The molecule has 0 saturated heterocycles. The van der Waals surface area contributed by atoms with Gasteiger partial charge in [-0.3, -0.25) is 0 Å². The fraction of sp³-hybridized carbons (Fsp3) is 0. The van der Waals surface area contributed by atoms with E-state index in [-0.39, 0.29) is 0 Å². The van der Waals surface area contributed by atoms with Gasteiger partial charge < -0.3 is 0 Å². The van der Waals surface area contributed by atoms with Crippen LogP contribution < -0.4 is 0 Å². The number of aromatic nitrogens is 3. The molecular formula is C9HN5S2. The topological polar surface area (TPSA) is 86.2 Å². The Kier molecular flexibility index (Phi) is 1.83. The molecule has 3 rings (SSSR count). The van der Waals surface area contributed by atoms with Gasteiger partial charge in [0.1, 0.15) is 12.1 Å². The fourth-order valence-electron chi connectivity index (χ4n) is 1.31. The highest BCUT2D eigenvalue weighted by Gasteiger charge is 2.10. The van der Waals surface area contributed by atoms with Gasteiger partial charge in [0.25, 0.3) is 0 Å². The summed E-state index contributed by atoms with van der Waals surface area (Å²) in [7, 11) is 0. The van der Waals surface area contributed by atoms with Crippen LogP contribution in [-0.2, 0) is 0 Å². The first kappa shape index (κ1) is 9.16. The second-order valence-corrected chi connectivity index (χ2v) is 4.95. The summed E-state index contributed by atoms with van der Waals surface area (Å²) in [6.07, 6.45) is 0. The molecule has 5 nitrogen and oxygen atoms in total. The second kappa shape index (κ2) is 3.20. The summed E-state index contributed by atoms with van der Waals surface area (Å²) in [5.74, 6) is 0. The van der Waals surface area contributed by atoms with Crippen molar-refractivity contribution in [2.45, 2.75) is 0 Å². The lowest BCUT2D eigenvalue weighted by molar-refractivity contribution is 1.29. The Morgan fingerprint density at radius 2 is 1.38 bits per heavy atom. The summed E-state index contributed by atoms with van der Waals surface area (Å²) in [6, 6.07) is 5.84. The highest BCUT2D eigenvalue weighted by Crippen LogP contribution is 2.27. The summed E-state index contributed by atoms with van der Waals surface area (Å²) in [6.45, 7) is 0. The van der Waals surface area contributed by atoms with Gasteiger partial charge >= 0.3 is 0 Å². The molecule has 0 radical (unpaired) electrons. The van der Waals surface area contributed by atoms with E-state index in [1.54, 1.807) is 0 Å². The fourth-order valence-corrected chi connectivity index (χ4v) is 2.88. The molecule has 74 valence electrons. The van der Waals surface area contributed by atoms with Gasteiger partial charge in [0.15, 0.2) is 21.3 Å². The van der Waals surface area contributed by atoms with Crippen molar-refractivity contribution in [3.05, 3.63) is 16.1 Å². The van der Waals surface area contributed by atoms with E-state index >= 15 is 0 Å². The number of nitriles is 2. The molecule has 0 fully saturated rings. The minimum absolute atomic E-state index is 0.389. The van der Waals surface area contributed by atoms with E-state index < -0.39 is 0 Å². The Hall–Kier alpha value is -2.09. The first-order chi connectivity index (χ1) is 7.80. The molecule has 3 aromatic rings. The quantitative estimate of drug-likeness (QED) is 0.603. The lowest BCUT2D eigenvalue weighted by Crippen LogP contribution is -1.79. The molecule has 0 atom stereocenters. The second-order valence-electron chi connectivity index (χ2n) is 2.89. The van der Waals surface area contributed by atoms with Crippen molar-refractivity contribution in [3.63, 3.8) is 0 Å². The molecule has 16 heavy (non-hydrogen) atoms. The predicted octanol–water partition coefficient (Wildman–Crippen LogP) is 2.04. The minimum Gasteiger partial charge on any atom is -0.206 e. The van der Waals surface area contributed by atoms with Crippen LogP contribution in [0.3, 0.4) is 0 Å². The van der Waals surface area contributed by atoms with E-state index in [4.69, 9.17) is 10.5 Å². The van der Waals surface area contributed by atoms with Crippen LogP contribution in [0, 0.1) is 22.7 Å². The molecular weight excluding hydrogens is 242 g/mol. The molecule has 0 amide bonds. The molecule has 7 heteroatoms. The zero-order chi connectivity index (χ0) is 11.1. The van der Waals surface area contributed by atoms with Crippen LogP contribution in [0.5, 0.6) is 0 Å². The maximum absolute atomic E-state index is 8.72. The van der Waals surface area contributed by atoms with Gasteiger partial charge in [-0.25, -0.2) is 15.0 Å². The van der Waals surface area contributed by atoms with Crippen LogP contribution >= 0.6 is 22.7 Å². The first-order valence-electron chi connectivity index (χ1n) is 4.18. The van der Waals surface area contributed by atoms with Crippen molar-refractivity contribution in [1.29, 1.82) is 10.5 Å². The summed E-state index contributed by atoms with van der Waals surface area (Å²) >= 11 is 2.58. The van der Waals surface area contributed by atoms with Crippen LogP contribution in [0.25, 0.3) is 20.7 Å². The van der Waals surface area contributed by atoms with E-state index in [9.17, 15) is 0 Å². The van der Waals surface area contributed by atoms with Crippen molar-refractivity contribution in [3.8, 4) is 12.1 Å². The normalized spacial score (nSPS) is 10.4. The zero-order valence-electron chi connectivity index (χ0n) is 7.63. The van der Waals surface area contributed by atoms with E-state index in [1.165, 1.54) is 22.7 Å². The average Bonchev–Trinajstić information content (AvgIpc) is 2.86. The van der Waals surface area contributed by atoms with Gasteiger partial charge in [-0.05, 0) is 6.07 Å².